The number of halogens is 1. The highest BCUT2D eigenvalue weighted by molar-refractivity contribution is 6.25. The molecule has 2 N–H and O–H groups in total. The Hall–Kier alpha value is -7.30. The van der Waals surface area contributed by atoms with Gasteiger partial charge in [-0.25, -0.2) is 9.07 Å². The van der Waals surface area contributed by atoms with Gasteiger partial charge in [0.05, 0.1) is 28.9 Å². The smallest absolute Gasteiger partial charge is 0.272 e. The molecule has 2 saturated heterocycles. The van der Waals surface area contributed by atoms with Crippen molar-refractivity contribution in [3.05, 3.63) is 108 Å². The van der Waals surface area contributed by atoms with Gasteiger partial charge in [0.2, 0.25) is 17.7 Å². The van der Waals surface area contributed by atoms with Gasteiger partial charge in [-0.3, -0.25) is 44.0 Å². The van der Waals surface area contributed by atoms with Crippen molar-refractivity contribution >= 4 is 46.8 Å². The number of hydrogen-bond acceptors (Lipinski definition) is 11. The molecule has 0 bridgehead atoms. The number of nitrogens with zero attached hydrogens (tertiary/aromatic N) is 7. The van der Waals surface area contributed by atoms with Crippen molar-refractivity contribution in [1.29, 1.82) is 0 Å². The zero-order valence-corrected chi connectivity index (χ0v) is 32.1. The number of carbonyl (C=O) groups is 6. The zero-order chi connectivity index (χ0) is 41.4. The van der Waals surface area contributed by atoms with Crippen LogP contribution in [0.4, 0.5) is 15.8 Å². The van der Waals surface area contributed by atoms with Gasteiger partial charge in [0, 0.05) is 62.7 Å². The van der Waals surface area contributed by atoms with E-state index in [0.29, 0.717) is 54.3 Å². The SMILES string of the molecule is CCN(C)C(=O)c1cc(Oc2ccc(-n3cc(-c4cccc(NC(=O)C5CCCN(c6cccc7c6C(=O)N(C6CCC(=O)NC6=O)C7=O)C5)c4)nn3)c(F)c2)ccn1. The van der Waals surface area contributed by atoms with E-state index in [1.54, 1.807) is 67.8 Å². The molecule has 2 unspecified atom stereocenters. The summed E-state index contributed by atoms with van der Waals surface area (Å²) in [5, 5.41) is 13.6. The van der Waals surface area contributed by atoms with E-state index in [9.17, 15) is 28.8 Å². The van der Waals surface area contributed by atoms with Crippen LogP contribution >= 0.6 is 0 Å². The molecule has 5 heterocycles. The number of aromatic nitrogens is 4. The van der Waals surface area contributed by atoms with Crippen LogP contribution in [-0.2, 0) is 14.4 Å². The largest absolute Gasteiger partial charge is 0.457 e. The van der Waals surface area contributed by atoms with Crippen molar-refractivity contribution in [3.63, 3.8) is 0 Å². The number of benzene rings is 3. The molecule has 59 heavy (non-hydrogen) atoms. The zero-order valence-electron chi connectivity index (χ0n) is 32.1. The second kappa shape index (κ2) is 15.9. The third-order valence-electron chi connectivity index (χ3n) is 10.7. The highest BCUT2D eigenvalue weighted by Gasteiger charge is 2.46. The Kier molecular flexibility index (Phi) is 10.4. The van der Waals surface area contributed by atoms with Gasteiger partial charge in [-0.1, -0.05) is 23.4 Å². The highest BCUT2D eigenvalue weighted by Crippen LogP contribution is 2.36. The number of rotatable bonds is 10. The molecule has 0 saturated carbocycles. The molecule has 17 heteroatoms. The summed E-state index contributed by atoms with van der Waals surface area (Å²) in [6, 6.07) is 18.2. The summed E-state index contributed by atoms with van der Waals surface area (Å²) in [6.07, 6.45) is 4.33. The van der Waals surface area contributed by atoms with Gasteiger partial charge in [0.25, 0.3) is 17.7 Å². The Labute approximate surface area is 336 Å². The van der Waals surface area contributed by atoms with Gasteiger partial charge in [-0.15, -0.1) is 5.10 Å². The lowest BCUT2D eigenvalue weighted by atomic mass is 9.95. The van der Waals surface area contributed by atoms with Crippen molar-refractivity contribution in [1.82, 2.24) is 35.1 Å². The third-order valence-corrected chi connectivity index (χ3v) is 10.7. The summed E-state index contributed by atoms with van der Waals surface area (Å²) in [6.45, 7) is 3.19. The Morgan fingerprint density at radius 3 is 2.58 bits per heavy atom. The normalized spacial score (nSPS) is 17.7. The summed E-state index contributed by atoms with van der Waals surface area (Å²) >= 11 is 0. The first-order chi connectivity index (χ1) is 28.5. The van der Waals surface area contributed by atoms with E-state index in [-0.39, 0.29) is 59.5 Å². The number of fused-ring (bicyclic) bond motifs is 1. The van der Waals surface area contributed by atoms with E-state index >= 15 is 4.39 Å². The van der Waals surface area contributed by atoms with Gasteiger partial charge >= 0.3 is 0 Å². The molecule has 16 nitrogen and oxygen atoms in total. The number of imide groups is 2. The highest BCUT2D eigenvalue weighted by atomic mass is 19.1. The monoisotopic (exact) mass is 799 g/mol. The van der Waals surface area contributed by atoms with Gasteiger partial charge < -0.3 is 19.9 Å². The van der Waals surface area contributed by atoms with E-state index in [1.807, 2.05) is 11.8 Å². The summed E-state index contributed by atoms with van der Waals surface area (Å²) in [4.78, 5) is 86.1. The number of pyridine rings is 1. The molecule has 6 amide bonds. The van der Waals surface area contributed by atoms with Crippen LogP contribution in [0.15, 0.2) is 85.2 Å². The molecule has 0 spiro atoms. The molecule has 5 aromatic rings. The summed E-state index contributed by atoms with van der Waals surface area (Å²) in [5.41, 5.74) is 2.76. The fourth-order valence-electron chi connectivity index (χ4n) is 7.49. The number of piperidine rings is 2. The minimum Gasteiger partial charge on any atom is -0.457 e. The lowest BCUT2D eigenvalue weighted by molar-refractivity contribution is -0.136. The maximum absolute atomic E-state index is 15.4. The van der Waals surface area contributed by atoms with Gasteiger partial charge in [-0.2, -0.15) is 0 Å². The molecule has 3 aromatic carbocycles. The van der Waals surface area contributed by atoms with E-state index < -0.39 is 41.4 Å². The Morgan fingerprint density at radius 1 is 0.966 bits per heavy atom. The maximum atomic E-state index is 15.4. The average molecular weight is 800 g/mol. The van der Waals surface area contributed by atoms with E-state index in [0.717, 1.165) is 4.90 Å². The standard InChI is InChI=1S/C42H38FN9O7/c1-3-49(2)41(57)31-21-28(16-17-44-31)59-27-12-13-33(30(43)20-27)51-23-32(47-48-51)24-7-4-9-26(19-24)45-38(54)25-8-6-18-50(22-25)34-11-5-10-29-37(34)42(58)52(40(29)56)35-14-15-36(53)46-39(35)55/h4-5,7,9-13,16-17,19-21,23,25,35H,3,6,8,14-15,18,22H2,1-2H3,(H,45,54)(H,46,53,55). The first kappa shape index (κ1) is 38.6. The molecule has 2 aromatic heterocycles. The van der Waals surface area contributed by atoms with E-state index in [1.165, 1.54) is 34.0 Å². The molecule has 300 valence electrons. The molecular weight excluding hydrogens is 762 g/mol. The van der Waals surface area contributed by atoms with Crippen molar-refractivity contribution in [2.24, 2.45) is 5.92 Å². The van der Waals surface area contributed by atoms with Crippen LogP contribution in [0.25, 0.3) is 16.9 Å². The molecular formula is C42H38FN9O7. The second-order valence-corrected chi connectivity index (χ2v) is 14.5. The lowest BCUT2D eigenvalue weighted by Crippen LogP contribution is -2.54. The van der Waals surface area contributed by atoms with Crippen LogP contribution in [0.5, 0.6) is 11.5 Å². The first-order valence-electron chi connectivity index (χ1n) is 19.1. The molecule has 3 aliphatic heterocycles. The van der Waals surface area contributed by atoms with Crippen LogP contribution in [-0.4, -0.2) is 97.9 Å². The molecule has 8 rings (SSSR count). The van der Waals surface area contributed by atoms with E-state index in [4.69, 9.17) is 4.74 Å². The van der Waals surface area contributed by atoms with Crippen molar-refractivity contribution in [2.45, 2.75) is 38.6 Å². The number of nitrogens with one attached hydrogen (secondary N) is 2. The summed E-state index contributed by atoms with van der Waals surface area (Å²) in [7, 11) is 1.67. The predicted molar refractivity (Wildman–Crippen MR) is 210 cm³/mol. The number of hydrogen-bond donors (Lipinski definition) is 2. The molecule has 2 fully saturated rings. The Balaban J connectivity index is 0.926. The Morgan fingerprint density at radius 2 is 1.78 bits per heavy atom. The first-order valence-corrected chi connectivity index (χ1v) is 19.1. The Bertz CT molecular complexity index is 2540. The van der Waals surface area contributed by atoms with Gasteiger partial charge in [0.15, 0.2) is 5.82 Å². The summed E-state index contributed by atoms with van der Waals surface area (Å²) < 4.78 is 22.5. The second-order valence-electron chi connectivity index (χ2n) is 14.5. The van der Waals surface area contributed by atoms with Crippen LogP contribution in [0.1, 0.15) is 63.8 Å². The predicted octanol–water partition coefficient (Wildman–Crippen LogP) is 4.61. The van der Waals surface area contributed by atoms with Crippen molar-refractivity contribution in [2.75, 3.05) is 36.9 Å². The number of ether oxygens (including phenoxy) is 1. The molecule has 0 aliphatic carbocycles. The molecule has 2 atom stereocenters. The van der Waals surface area contributed by atoms with Crippen LogP contribution in [0.3, 0.4) is 0 Å². The quantitative estimate of drug-likeness (QED) is 0.188. The van der Waals surface area contributed by atoms with E-state index in [2.05, 4.69) is 25.9 Å². The fraction of sp³-hybridized carbons (Fsp3) is 0.262. The van der Waals surface area contributed by atoms with Crippen molar-refractivity contribution < 1.29 is 37.9 Å². The lowest BCUT2D eigenvalue weighted by Gasteiger charge is -2.34. The van der Waals surface area contributed by atoms with Crippen LogP contribution in [0, 0.1) is 11.7 Å². The minimum absolute atomic E-state index is 0.0209. The summed E-state index contributed by atoms with van der Waals surface area (Å²) in [5.74, 6) is -3.37. The minimum atomic E-state index is -1.08. The fourth-order valence-corrected chi connectivity index (χ4v) is 7.49. The average Bonchev–Trinajstić information content (AvgIpc) is 3.83. The topological polar surface area (TPSA) is 189 Å². The van der Waals surface area contributed by atoms with Gasteiger partial charge in [-0.05, 0) is 68.7 Å². The number of carbonyl (C=O) groups excluding carboxylic acids is 6. The van der Waals surface area contributed by atoms with Crippen LogP contribution < -0.4 is 20.3 Å². The third kappa shape index (κ3) is 7.61. The molecule has 0 radical (unpaired) electrons. The maximum Gasteiger partial charge on any atom is 0.272 e. The number of amides is 6. The van der Waals surface area contributed by atoms with Crippen LogP contribution in [0.2, 0.25) is 0 Å². The van der Waals surface area contributed by atoms with Gasteiger partial charge in [0.1, 0.15) is 34.6 Å². The molecule has 3 aliphatic rings. The van der Waals surface area contributed by atoms with Crippen molar-refractivity contribution in [3.8, 4) is 28.4 Å². The number of anilines is 2.